The fourth-order valence-electron chi connectivity index (χ4n) is 2.54. The Kier molecular flexibility index (Phi) is 4.15. The van der Waals surface area contributed by atoms with Crippen molar-refractivity contribution in [2.24, 2.45) is 0 Å². The predicted octanol–water partition coefficient (Wildman–Crippen LogP) is 1.57. The first kappa shape index (κ1) is 12.6. The number of hydrogen-bond donors (Lipinski definition) is 2. The minimum Gasteiger partial charge on any atom is -0.392 e. The maximum absolute atomic E-state index is 10.2. The minimum atomic E-state index is -0.404. The highest BCUT2D eigenvalue weighted by atomic mass is 16.3. The number of benzene rings is 1. The lowest BCUT2D eigenvalue weighted by Gasteiger charge is -2.36. The van der Waals surface area contributed by atoms with Gasteiger partial charge < -0.3 is 15.1 Å². The van der Waals surface area contributed by atoms with Gasteiger partial charge >= 0.3 is 0 Å². The molecule has 0 aromatic heterocycles. The number of hydrogen-bond acceptors (Lipinski definition) is 3. The Balaban J connectivity index is 1.93. The van der Waals surface area contributed by atoms with E-state index in [0.717, 1.165) is 24.8 Å². The molecule has 0 bridgehead atoms. The molecule has 0 aliphatic carbocycles. The normalized spacial score (nSPS) is 27.9. The van der Waals surface area contributed by atoms with Gasteiger partial charge in [0.05, 0.1) is 12.2 Å². The van der Waals surface area contributed by atoms with E-state index in [2.05, 4.69) is 4.90 Å². The van der Waals surface area contributed by atoms with Gasteiger partial charge in [-0.3, -0.25) is 0 Å². The summed E-state index contributed by atoms with van der Waals surface area (Å²) in [6.07, 6.45) is 1.94. The van der Waals surface area contributed by atoms with Crippen molar-refractivity contribution in [1.29, 1.82) is 0 Å². The Labute approximate surface area is 103 Å². The van der Waals surface area contributed by atoms with Crippen LogP contribution < -0.4 is 0 Å². The number of nitrogens with zero attached hydrogens (tertiary/aromatic N) is 1. The monoisotopic (exact) mass is 235 g/mol. The Hall–Kier alpha value is -0.900. The summed E-state index contributed by atoms with van der Waals surface area (Å²) in [7, 11) is 2.02. The van der Waals surface area contributed by atoms with Gasteiger partial charge in [-0.05, 0) is 31.9 Å². The average molecular weight is 235 g/mol. The van der Waals surface area contributed by atoms with Crippen LogP contribution in [0.15, 0.2) is 30.3 Å². The van der Waals surface area contributed by atoms with Gasteiger partial charge in [0, 0.05) is 12.6 Å². The van der Waals surface area contributed by atoms with E-state index in [9.17, 15) is 10.2 Å². The van der Waals surface area contributed by atoms with Gasteiger partial charge in [0.2, 0.25) is 0 Å². The highest BCUT2D eigenvalue weighted by Crippen LogP contribution is 2.25. The van der Waals surface area contributed by atoms with Gasteiger partial charge in [-0.1, -0.05) is 30.3 Å². The van der Waals surface area contributed by atoms with Gasteiger partial charge in [0.1, 0.15) is 0 Å². The topological polar surface area (TPSA) is 43.7 Å². The summed E-state index contributed by atoms with van der Waals surface area (Å²) in [6, 6.07) is 10.2. The lowest BCUT2D eigenvalue weighted by Crippen LogP contribution is -2.43. The van der Waals surface area contributed by atoms with E-state index < -0.39 is 6.10 Å². The summed E-state index contributed by atoms with van der Waals surface area (Å²) < 4.78 is 0. The SMILES string of the molecule is CN1C[C@H](O)CC[C@@H]1C[C@@H](O)c1ccccc1. The third-order valence-electron chi connectivity index (χ3n) is 3.63. The lowest BCUT2D eigenvalue weighted by atomic mass is 9.93. The fourth-order valence-corrected chi connectivity index (χ4v) is 2.54. The first-order valence-corrected chi connectivity index (χ1v) is 6.28. The molecule has 3 atom stereocenters. The van der Waals surface area contributed by atoms with Crippen molar-refractivity contribution >= 4 is 0 Å². The lowest BCUT2D eigenvalue weighted by molar-refractivity contribution is 0.0280. The van der Waals surface area contributed by atoms with Gasteiger partial charge in [0.15, 0.2) is 0 Å². The second kappa shape index (κ2) is 5.63. The number of aliphatic hydroxyl groups excluding tert-OH is 2. The van der Waals surface area contributed by atoms with Crippen LogP contribution in [-0.4, -0.2) is 40.9 Å². The van der Waals surface area contributed by atoms with Crippen molar-refractivity contribution in [3.05, 3.63) is 35.9 Å². The number of likely N-dealkylation sites (tertiary alicyclic amines) is 1. The summed E-state index contributed by atoms with van der Waals surface area (Å²) in [5.41, 5.74) is 0.979. The predicted molar refractivity (Wildman–Crippen MR) is 67.7 cm³/mol. The van der Waals surface area contributed by atoms with Crippen LogP contribution >= 0.6 is 0 Å². The molecule has 0 spiro atoms. The summed E-state index contributed by atoms with van der Waals surface area (Å²) in [5.74, 6) is 0. The first-order chi connectivity index (χ1) is 8.16. The molecule has 2 rings (SSSR count). The van der Waals surface area contributed by atoms with E-state index in [1.807, 2.05) is 37.4 Å². The maximum Gasteiger partial charge on any atom is 0.0805 e. The van der Waals surface area contributed by atoms with E-state index in [-0.39, 0.29) is 6.10 Å². The van der Waals surface area contributed by atoms with Crippen molar-refractivity contribution in [1.82, 2.24) is 4.90 Å². The quantitative estimate of drug-likeness (QED) is 0.835. The molecule has 1 heterocycles. The van der Waals surface area contributed by atoms with Crippen LogP contribution in [-0.2, 0) is 0 Å². The van der Waals surface area contributed by atoms with Crippen LogP contribution in [0.25, 0.3) is 0 Å². The van der Waals surface area contributed by atoms with Crippen LogP contribution in [0, 0.1) is 0 Å². The van der Waals surface area contributed by atoms with Crippen molar-refractivity contribution in [3.63, 3.8) is 0 Å². The third-order valence-corrected chi connectivity index (χ3v) is 3.63. The number of β-amino-alcohol motifs (C(OH)–C–C–N with tert-alkyl or cyclic N) is 1. The molecule has 2 N–H and O–H groups in total. The van der Waals surface area contributed by atoms with Crippen LogP contribution in [0.4, 0.5) is 0 Å². The summed E-state index contributed by atoms with van der Waals surface area (Å²) in [6.45, 7) is 0.714. The van der Waals surface area contributed by atoms with Crippen LogP contribution in [0.3, 0.4) is 0 Å². The molecule has 1 aromatic rings. The molecule has 0 saturated carbocycles. The zero-order valence-electron chi connectivity index (χ0n) is 10.3. The smallest absolute Gasteiger partial charge is 0.0805 e. The van der Waals surface area contributed by atoms with E-state index >= 15 is 0 Å². The van der Waals surface area contributed by atoms with Crippen molar-refractivity contribution in [3.8, 4) is 0 Å². The van der Waals surface area contributed by atoms with E-state index in [1.165, 1.54) is 0 Å². The molecule has 0 amide bonds. The molecule has 94 valence electrons. The van der Waals surface area contributed by atoms with E-state index in [0.29, 0.717) is 12.6 Å². The largest absolute Gasteiger partial charge is 0.392 e. The number of rotatable bonds is 3. The van der Waals surface area contributed by atoms with Crippen molar-refractivity contribution in [2.45, 2.75) is 37.5 Å². The zero-order valence-corrected chi connectivity index (χ0v) is 10.3. The van der Waals surface area contributed by atoms with Gasteiger partial charge in [-0.25, -0.2) is 0 Å². The van der Waals surface area contributed by atoms with Gasteiger partial charge in [0.25, 0.3) is 0 Å². The molecule has 17 heavy (non-hydrogen) atoms. The molecule has 1 fully saturated rings. The first-order valence-electron chi connectivity index (χ1n) is 6.28. The third kappa shape index (κ3) is 3.28. The van der Waals surface area contributed by atoms with Crippen LogP contribution in [0.5, 0.6) is 0 Å². The summed E-state index contributed by atoms with van der Waals surface area (Å²) in [4.78, 5) is 2.15. The highest BCUT2D eigenvalue weighted by Gasteiger charge is 2.26. The number of aliphatic hydroxyl groups is 2. The second-order valence-electron chi connectivity index (χ2n) is 4.99. The molecule has 1 aromatic carbocycles. The maximum atomic E-state index is 10.2. The Morgan fingerprint density at radius 1 is 1.29 bits per heavy atom. The van der Waals surface area contributed by atoms with E-state index in [1.54, 1.807) is 0 Å². The van der Waals surface area contributed by atoms with Crippen molar-refractivity contribution in [2.75, 3.05) is 13.6 Å². The molecule has 1 aliphatic heterocycles. The molecular formula is C14H21NO2. The number of likely N-dealkylation sites (N-methyl/N-ethyl adjacent to an activating group) is 1. The van der Waals surface area contributed by atoms with Gasteiger partial charge in [-0.2, -0.15) is 0 Å². The van der Waals surface area contributed by atoms with Gasteiger partial charge in [-0.15, -0.1) is 0 Å². The molecular weight excluding hydrogens is 214 g/mol. The van der Waals surface area contributed by atoms with E-state index in [4.69, 9.17) is 0 Å². The molecule has 1 aliphatic rings. The minimum absolute atomic E-state index is 0.204. The fraction of sp³-hybridized carbons (Fsp3) is 0.571. The average Bonchev–Trinajstić information content (AvgIpc) is 2.34. The van der Waals surface area contributed by atoms with Crippen LogP contribution in [0.2, 0.25) is 0 Å². The summed E-state index contributed by atoms with van der Waals surface area (Å²) >= 11 is 0. The molecule has 0 unspecified atom stereocenters. The Bertz CT molecular complexity index is 341. The second-order valence-corrected chi connectivity index (χ2v) is 4.99. The Morgan fingerprint density at radius 3 is 2.65 bits per heavy atom. The molecule has 1 saturated heterocycles. The molecule has 3 nitrogen and oxygen atoms in total. The standard InChI is InChI=1S/C14H21NO2/c1-15-10-13(16)8-7-12(15)9-14(17)11-5-3-2-4-6-11/h2-6,12-14,16-17H,7-10H2,1H3/t12-,13-,14-/m1/s1. The Morgan fingerprint density at radius 2 is 2.00 bits per heavy atom. The van der Waals surface area contributed by atoms with Crippen LogP contribution in [0.1, 0.15) is 30.9 Å². The highest BCUT2D eigenvalue weighted by molar-refractivity contribution is 5.17. The van der Waals surface area contributed by atoms with Crippen molar-refractivity contribution < 1.29 is 10.2 Å². The molecule has 3 heteroatoms. The number of piperidine rings is 1. The molecule has 0 radical (unpaired) electrons. The summed E-state index contributed by atoms with van der Waals surface area (Å²) in [5, 5.41) is 19.7. The zero-order chi connectivity index (χ0) is 12.3.